The molecule has 1 aromatic carbocycles. The number of nitrogens with zero attached hydrogens (tertiary/aromatic N) is 1. The lowest BCUT2D eigenvalue weighted by molar-refractivity contribution is -0.115. The van der Waals surface area contributed by atoms with Crippen LogP contribution in [0.15, 0.2) is 51.7 Å². The van der Waals surface area contributed by atoms with Crippen molar-refractivity contribution in [2.75, 3.05) is 0 Å². The second-order valence-corrected chi connectivity index (χ2v) is 6.26. The normalized spacial score (nSPS) is 18.8. The first-order chi connectivity index (χ1) is 9.72. The van der Waals surface area contributed by atoms with Crippen molar-refractivity contribution in [2.24, 2.45) is 4.99 Å². The smallest absolute Gasteiger partial charge is 0.264 e. The van der Waals surface area contributed by atoms with E-state index in [-0.39, 0.29) is 5.91 Å². The summed E-state index contributed by atoms with van der Waals surface area (Å²) in [5, 5.41) is 5.45. The van der Waals surface area contributed by atoms with Crippen LogP contribution in [0.1, 0.15) is 10.4 Å². The number of rotatable bonds is 2. The molecule has 1 aliphatic rings. The molecule has 5 heteroatoms. The summed E-state index contributed by atoms with van der Waals surface area (Å²) in [4.78, 5) is 18.2. The van der Waals surface area contributed by atoms with Crippen LogP contribution >= 0.6 is 23.1 Å². The van der Waals surface area contributed by atoms with Gasteiger partial charge >= 0.3 is 0 Å². The van der Waals surface area contributed by atoms with Crippen LogP contribution in [0.5, 0.6) is 0 Å². The summed E-state index contributed by atoms with van der Waals surface area (Å²) < 4.78 is 0. The van der Waals surface area contributed by atoms with E-state index < -0.39 is 0 Å². The topological polar surface area (TPSA) is 41.5 Å². The number of aliphatic imine (C=N–C) groups is 1. The minimum Gasteiger partial charge on any atom is -0.300 e. The third-order valence-electron chi connectivity index (χ3n) is 2.80. The second-order valence-electron chi connectivity index (χ2n) is 4.29. The predicted octanol–water partition coefficient (Wildman–Crippen LogP) is 3.95. The number of hydrogen-bond acceptors (Lipinski definition) is 4. The van der Waals surface area contributed by atoms with Gasteiger partial charge in [-0.3, -0.25) is 4.79 Å². The molecule has 1 aliphatic heterocycles. The zero-order valence-corrected chi connectivity index (χ0v) is 12.4. The van der Waals surface area contributed by atoms with Crippen molar-refractivity contribution in [3.05, 3.63) is 57.1 Å². The van der Waals surface area contributed by atoms with Crippen LogP contribution in [0.25, 0.3) is 6.08 Å². The van der Waals surface area contributed by atoms with E-state index in [9.17, 15) is 4.79 Å². The van der Waals surface area contributed by atoms with Crippen LogP contribution < -0.4 is 5.32 Å². The van der Waals surface area contributed by atoms with Gasteiger partial charge in [0, 0.05) is 4.88 Å². The molecule has 0 radical (unpaired) electrons. The van der Waals surface area contributed by atoms with Crippen LogP contribution in [-0.2, 0) is 4.79 Å². The Labute approximate surface area is 125 Å². The predicted molar refractivity (Wildman–Crippen MR) is 86.3 cm³/mol. The van der Waals surface area contributed by atoms with Gasteiger partial charge in [-0.1, -0.05) is 18.2 Å². The molecule has 2 aromatic rings. The summed E-state index contributed by atoms with van der Waals surface area (Å²) in [5.74, 6) is -0.0857. The van der Waals surface area contributed by atoms with E-state index in [1.807, 2.05) is 54.8 Å². The Morgan fingerprint density at radius 1 is 1.20 bits per heavy atom. The van der Waals surface area contributed by atoms with Crippen molar-refractivity contribution in [1.29, 1.82) is 0 Å². The Hall–Kier alpha value is -1.85. The Morgan fingerprint density at radius 3 is 2.70 bits per heavy atom. The lowest BCUT2D eigenvalue weighted by Gasteiger charge is -1.94. The molecule has 1 N–H and O–H groups in total. The number of amidine groups is 1. The Morgan fingerprint density at radius 2 is 2.00 bits per heavy atom. The molecule has 3 rings (SSSR count). The maximum absolute atomic E-state index is 11.9. The summed E-state index contributed by atoms with van der Waals surface area (Å²) >= 11 is 3.01. The van der Waals surface area contributed by atoms with Gasteiger partial charge < -0.3 is 5.32 Å². The van der Waals surface area contributed by atoms with E-state index in [0.29, 0.717) is 10.1 Å². The number of para-hydroxylation sites is 1. The van der Waals surface area contributed by atoms with Gasteiger partial charge in [-0.05, 0) is 53.9 Å². The van der Waals surface area contributed by atoms with Gasteiger partial charge in [-0.25, -0.2) is 4.99 Å². The average molecular weight is 300 g/mol. The molecule has 2 heterocycles. The largest absolute Gasteiger partial charge is 0.300 e. The van der Waals surface area contributed by atoms with Gasteiger partial charge in [0.2, 0.25) is 0 Å². The number of benzene rings is 1. The minimum absolute atomic E-state index is 0.0857. The maximum Gasteiger partial charge on any atom is 0.264 e. The Balaban J connectivity index is 1.84. The molecule has 3 nitrogen and oxygen atoms in total. The van der Waals surface area contributed by atoms with Crippen LogP contribution in [0.4, 0.5) is 5.69 Å². The number of aryl methyl sites for hydroxylation is 1. The molecule has 0 aliphatic carbocycles. The molecule has 1 amide bonds. The standard InChI is InChI=1S/C15H12N2OS2/c1-10-7-8-19-12(10)9-13-14(18)17-15(20-13)16-11-5-3-2-4-6-11/h2-9H,1H3,(H,16,17,18)/b13-9-. The third-order valence-corrected chi connectivity index (χ3v) is 4.68. The molecule has 0 saturated carbocycles. The molecule has 1 saturated heterocycles. The van der Waals surface area contributed by atoms with Gasteiger partial charge in [0.25, 0.3) is 5.91 Å². The number of carbonyl (C=O) groups is 1. The first-order valence-corrected chi connectivity index (χ1v) is 7.81. The van der Waals surface area contributed by atoms with Gasteiger partial charge in [0.1, 0.15) is 0 Å². The molecule has 0 atom stereocenters. The molecule has 0 bridgehead atoms. The van der Waals surface area contributed by atoms with Gasteiger partial charge in [-0.15, -0.1) is 11.3 Å². The zero-order valence-electron chi connectivity index (χ0n) is 10.8. The number of carbonyl (C=O) groups excluding carboxylic acids is 1. The van der Waals surface area contributed by atoms with Crippen molar-refractivity contribution in [2.45, 2.75) is 6.92 Å². The molecule has 100 valence electrons. The maximum atomic E-state index is 11.9. The third kappa shape index (κ3) is 2.84. The first-order valence-electron chi connectivity index (χ1n) is 6.11. The Kier molecular flexibility index (Phi) is 3.71. The molecule has 1 aromatic heterocycles. The zero-order chi connectivity index (χ0) is 13.9. The monoisotopic (exact) mass is 300 g/mol. The first kappa shape index (κ1) is 13.1. The second kappa shape index (κ2) is 5.64. The fourth-order valence-electron chi connectivity index (χ4n) is 1.75. The fourth-order valence-corrected chi connectivity index (χ4v) is 3.51. The van der Waals surface area contributed by atoms with Gasteiger partial charge in [0.05, 0.1) is 10.6 Å². The highest BCUT2D eigenvalue weighted by Crippen LogP contribution is 2.30. The summed E-state index contributed by atoms with van der Waals surface area (Å²) in [6.07, 6.45) is 1.92. The highest BCUT2D eigenvalue weighted by atomic mass is 32.2. The molecule has 0 unspecified atom stereocenters. The Bertz CT molecular complexity index is 702. The van der Waals surface area contributed by atoms with Crippen LogP contribution in [0, 0.1) is 6.92 Å². The van der Waals surface area contributed by atoms with Crippen molar-refractivity contribution < 1.29 is 4.79 Å². The van der Waals surface area contributed by atoms with E-state index in [1.54, 1.807) is 11.3 Å². The number of nitrogens with one attached hydrogen (secondary N) is 1. The van der Waals surface area contributed by atoms with Gasteiger partial charge in [-0.2, -0.15) is 0 Å². The molecule has 20 heavy (non-hydrogen) atoms. The summed E-state index contributed by atoms with van der Waals surface area (Å²) in [5.41, 5.74) is 2.02. The molecule has 0 spiro atoms. The van der Waals surface area contributed by atoms with Crippen molar-refractivity contribution in [1.82, 2.24) is 5.32 Å². The van der Waals surface area contributed by atoms with Crippen LogP contribution in [-0.4, -0.2) is 11.1 Å². The summed E-state index contributed by atoms with van der Waals surface area (Å²) in [7, 11) is 0. The SMILES string of the molecule is Cc1ccsc1/C=C1\SC(=Nc2ccccc2)NC1=O. The number of hydrogen-bond donors (Lipinski definition) is 1. The van der Waals surface area contributed by atoms with E-state index in [2.05, 4.69) is 10.3 Å². The summed E-state index contributed by atoms with van der Waals surface area (Å²) in [6.45, 7) is 2.04. The van der Waals surface area contributed by atoms with Crippen molar-refractivity contribution in [3.63, 3.8) is 0 Å². The minimum atomic E-state index is -0.0857. The van der Waals surface area contributed by atoms with E-state index in [0.717, 1.165) is 10.6 Å². The van der Waals surface area contributed by atoms with Crippen LogP contribution in [0.3, 0.4) is 0 Å². The van der Waals surface area contributed by atoms with Crippen molar-refractivity contribution >= 4 is 45.9 Å². The fraction of sp³-hybridized carbons (Fsp3) is 0.0667. The number of thiophene rings is 1. The lowest BCUT2D eigenvalue weighted by atomic mass is 10.3. The van der Waals surface area contributed by atoms with E-state index in [1.165, 1.54) is 17.3 Å². The summed E-state index contributed by atoms with van der Waals surface area (Å²) in [6, 6.07) is 11.7. The quantitative estimate of drug-likeness (QED) is 0.853. The number of amides is 1. The lowest BCUT2D eigenvalue weighted by Crippen LogP contribution is -2.19. The highest BCUT2D eigenvalue weighted by Gasteiger charge is 2.24. The molecular weight excluding hydrogens is 288 g/mol. The highest BCUT2D eigenvalue weighted by molar-refractivity contribution is 8.18. The van der Waals surface area contributed by atoms with E-state index in [4.69, 9.17) is 0 Å². The average Bonchev–Trinajstić information content (AvgIpc) is 2.99. The number of thioether (sulfide) groups is 1. The molecule has 1 fully saturated rings. The van der Waals surface area contributed by atoms with Gasteiger partial charge in [0.15, 0.2) is 5.17 Å². The van der Waals surface area contributed by atoms with E-state index >= 15 is 0 Å². The molecular formula is C15H12N2OS2. The van der Waals surface area contributed by atoms with Crippen LogP contribution in [0.2, 0.25) is 0 Å². The van der Waals surface area contributed by atoms with Crippen molar-refractivity contribution in [3.8, 4) is 0 Å².